The zero-order chi connectivity index (χ0) is 10.1. The summed E-state index contributed by atoms with van der Waals surface area (Å²) < 4.78 is 33.3. The average Bonchev–Trinajstić information content (AvgIpc) is 1.94. The van der Waals surface area contributed by atoms with Crippen LogP contribution < -0.4 is 5.32 Å². The third-order valence-corrected chi connectivity index (χ3v) is 1.35. The first-order valence-electron chi connectivity index (χ1n) is 4.12. The van der Waals surface area contributed by atoms with Crippen molar-refractivity contribution < 1.29 is 8.50 Å². The van der Waals surface area contributed by atoms with E-state index in [0.29, 0.717) is 0 Å². The van der Waals surface area contributed by atoms with Gasteiger partial charge in [-0.2, -0.15) is 0 Å². The van der Waals surface area contributed by atoms with Crippen LogP contribution in [0.5, 0.6) is 0 Å². The lowest BCUT2D eigenvalue weighted by Gasteiger charge is -1.99. The van der Waals surface area contributed by atoms with E-state index in [4.69, 9.17) is 15.7 Å². The van der Waals surface area contributed by atoms with E-state index in [1.54, 1.807) is 0 Å². The number of nitrogens with one attached hydrogen (secondary N) is 1. The average molecular weight is 163 g/mol. The lowest BCUT2D eigenvalue weighted by Crippen LogP contribution is -1.87. The molecule has 0 aliphatic carbocycles. The van der Waals surface area contributed by atoms with Crippen LogP contribution in [0.15, 0.2) is 18.2 Å². The second-order valence-corrected chi connectivity index (χ2v) is 2.16. The van der Waals surface area contributed by atoms with Gasteiger partial charge in [-0.25, -0.2) is 4.39 Å². The van der Waals surface area contributed by atoms with E-state index >= 15 is 0 Å². The predicted octanol–water partition coefficient (Wildman–Crippen LogP) is 2.52. The van der Waals surface area contributed by atoms with Crippen molar-refractivity contribution in [1.82, 2.24) is 0 Å². The molecular weight excluding hydrogens is 153 g/mol. The lowest BCUT2D eigenvalue weighted by atomic mass is 10.3. The van der Waals surface area contributed by atoms with Gasteiger partial charge in [-0.3, -0.25) is 0 Å². The molecular formula is C7H7ClFN. The SMILES string of the molecule is [2H]C([2H])([2H])Nc1ccc(F)c(Cl)c1. The van der Waals surface area contributed by atoms with Crippen LogP contribution in [0.25, 0.3) is 0 Å². The van der Waals surface area contributed by atoms with Crippen LogP contribution in [0.2, 0.25) is 5.02 Å². The summed E-state index contributed by atoms with van der Waals surface area (Å²) in [5.41, 5.74) is 0.270. The molecule has 1 aromatic carbocycles. The molecule has 3 heteroatoms. The van der Waals surface area contributed by atoms with Gasteiger partial charge in [-0.1, -0.05) is 11.6 Å². The Morgan fingerprint density at radius 1 is 1.70 bits per heavy atom. The molecule has 0 aliphatic heterocycles. The first-order chi connectivity index (χ1) is 5.88. The molecule has 0 unspecified atom stereocenters. The van der Waals surface area contributed by atoms with Crippen molar-refractivity contribution in [3.05, 3.63) is 29.0 Å². The Morgan fingerprint density at radius 3 is 3.10 bits per heavy atom. The number of hydrogen-bond donors (Lipinski definition) is 1. The minimum atomic E-state index is -2.29. The standard InChI is InChI=1S/C7H7ClFN/c1-10-5-2-3-7(9)6(8)4-5/h2-4,10H,1H3/i1D3. The van der Waals surface area contributed by atoms with Gasteiger partial charge in [0.25, 0.3) is 0 Å². The molecule has 0 fully saturated rings. The van der Waals surface area contributed by atoms with Crippen LogP contribution in [0.3, 0.4) is 0 Å². The molecule has 0 bridgehead atoms. The quantitative estimate of drug-likeness (QED) is 0.669. The van der Waals surface area contributed by atoms with Crippen LogP contribution in [0.1, 0.15) is 4.11 Å². The van der Waals surface area contributed by atoms with Crippen LogP contribution in [0, 0.1) is 5.82 Å². The molecule has 10 heavy (non-hydrogen) atoms. The van der Waals surface area contributed by atoms with Crippen molar-refractivity contribution in [2.45, 2.75) is 0 Å². The van der Waals surface area contributed by atoms with Crippen molar-refractivity contribution in [2.75, 3.05) is 12.3 Å². The molecule has 1 aromatic rings. The third-order valence-electron chi connectivity index (χ3n) is 1.06. The van der Waals surface area contributed by atoms with Crippen molar-refractivity contribution in [1.29, 1.82) is 0 Å². The molecule has 1 N–H and O–H groups in total. The Morgan fingerprint density at radius 2 is 2.50 bits per heavy atom. The normalized spacial score (nSPS) is 15.2. The summed E-state index contributed by atoms with van der Waals surface area (Å²) in [6.45, 7) is -2.29. The number of hydrogen-bond acceptors (Lipinski definition) is 1. The minimum absolute atomic E-state index is 0.103. The molecule has 0 radical (unpaired) electrons. The van der Waals surface area contributed by atoms with Crippen LogP contribution in [-0.4, -0.2) is 6.98 Å². The number of rotatable bonds is 1. The third kappa shape index (κ3) is 1.39. The van der Waals surface area contributed by atoms with Gasteiger partial charge in [0.15, 0.2) is 0 Å². The van der Waals surface area contributed by atoms with E-state index in [1.807, 2.05) is 0 Å². The zero-order valence-electron chi connectivity index (χ0n) is 7.99. The van der Waals surface area contributed by atoms with Gasteiger partial charge < -0.3 is 5.32 Å². The molecule has 0 aromatic heterocycles. The smallest absolute Gasteiger partial charge is 0.141 e. The highest BCUT2D eigenvalue weighted by Crippen LogP contribution is 2.18. The second kappa shape index (κ2) is 2.88. The molecule has 0 saturated heterocycles. The van der Waals surface area contributed by atoms with Crippen molar-refractivity contribution in [2.24, 2.45) is 0 Å². The molecule has 1 rings (SSSR count). The fourth-order valence-electron chi connectivity index (χ4n) is 0.574. The van der Waals surface area contributed by atoms with E-state index in [0.717, 1.165) is 6.07 Å². The fourth-order valence-corrected chi connectivity index (χ4v) is 0.754. The number of halogens is 2. The minimum Gasteiger partial charge on any atom is -0.388 e. The van der Waals surface area contributed by atoms with Crippen molar-refractivity contribution in [3.8, 4) is 0 Å². The Kier molecular flexibility index (Phi) is 1.21. The van der Waals surface area contributed by atoms with Gasteiger partial charge in [0, 0.05) is 16.8 Å². The Balaban J connectivity index is 2.86. The second-order valence-electron chi connectivity index (χ2n) is 1.75. The van der Waals surface area contributed by atoms with E-state index in [1.165, 1.54) is 12.1 Å². The molecule has 0 aliphatic rings. The molecule has 54 valence electrons. The largest absolute Gasteiger partial charge is 0.388 e. The van der Waals surface area contributed by atoms with E-state index < -0.39 is 12.8 Å². The van der Waals surface area contributed by atoms with E-state index in [-0.39, 0.29) is 10.7 Å². The van der Waals surface area contributed by atoms with Crippen LogP contribution in [-0.2, 0) is 0 Å². The summed E-state index contributed by atoms with van der Waals surface area (Å²) in [7, 11) is 0. The van der Waals surface area contributed by atoms with Crippen molar-refractivity contribution in [3.63, 3.8) is 0 Å². The summed E-state index contributed by atoms with van der Waals surface area (Å²) in [5.74, 6) is -0.572. The van der Waals surface area contributed by atoms with Gasteiger partial charge in [0.1, 0.15) is 5.82 Å². The first-order valence-corrected chi connectivity index (χ1v) is 2.99. The van der Waals surface area contributed by atoms with E-state index in [2.05, 4.69) is 5.32 Å². The van der Waals surface area contributed by atoms with Crippen LogP contribution >= 0.6 is 11.6 Å². The first kappa shape index (κ1) is 4.19. The van der Waals surface area contributed by atoms with Gasteiger partial charge >= 0.3 is 0 Å². The Labute approximate surface area is 68.0 Å². The number of anilines is 1. The Hall–Kier alpha value is -0.760. The van der Waals surface area contributed by atoms with Crippen molar-refractivity contribution >= 4 is 17.3 Å². The van der Waals surface area contributed by atoms with Gasteiger partial charge in [0.05, 0.1) is 5.02 Å². The lowest BCUT2D eigenvalue weighted by molar-refractivity contribution is 0.628. The highest BCUT2D eigenvalue weighted by molar-refractivity contribution is 6.31. The van der Waals surface area contributed by atoms with Gasteiger partial charge in [-0.15, -0.1) is 0 Å². The number of benzene rings is 1. The molecule has 0 saturated carbocycles. The van der Waals surface area contributed by atoms with Crippen LogP contribution in [0.4, 0.5) is 10.1 Å². The molecule has 0 atom stereocenters. The fraction of sp³-hybridized carbons (Fsp3) is 0.143. The summed E-state index contributed by atoms with van der Waals surface area (Å²) in [5, 5.41) is 2.10. The Bertz CT molecular complexity index is 313. The topological polar surface area (TPSA) is 12.0 Å². The highest BCUT2D eigenvalue weighted by Gasteiger charge is 1.97. The highest BCUT2D eigenvalue weighted by atomic mass is 35.5. The maximum absolute atomic E-state index is 12.6. The molecule has 0 amide bonds. The maximum atomic E-state index is 12.6. The summed E-state index contributed by atoms with van der Waals surface area (Å²) in [6, 6.07) is 3.65. The predicted molar refractivity (Wildman–Crippen MR) is 41.0 cm³/mol. The summed E-state index contributed by atoms with van der Waals surface area (Å²) in [6.07, 6.45) is 0. The molecule has 1 nitrogen and oxygen atoms in total. The van der Waals surface area contributed by atoms with E-state index in [9.17, 15) is 4.39 Å². The monoisotopic (exact) mass is 162 g/mol. The summed E-state index contributed by atoms with van der Waals surface area (Å²) >= 11 is 5.44. The zero-order valence-corrected chi connectivity index (χ0v) is 5.74. The van der Waals surface area contributed by atoms with Gasteiger partial charge in [0.2, 0.25) is 0 Å². The van der Waals surface area contributed by atoms with Gasteiger partial charge in [-0.05, 0) is 18.2 Å². The maximum Gasteiger partial charge on any atom is 0.141 e. The molecule has 0 heterocycles. The summed E-state index contributed by atoms with van der Waals surface area (Å²) in [4.78, 5) is 0. The molecule has 0 spiro atoms.